The van der Waals surface area contributed by atoms with E-state index in [1.165, 1.54) is 26.4 Å². The number of methoxy groups -OCH3 is 2. The Morgan fingerprint density at radius 2 is 0.898 bits per heavy atom. The fraction of sp³-hybridized carbons (Fsp3) is 0.405. The summed E-state index contributed by atoms with van der Waals surface area (Å²) in [6.07, 6.45) is 9.96. The summed E-state index contributed by atoms with van der Waals surface area (Å²) >= 11 is 0. The molecular formula is C37H44O12. The molecule has 0 heterocycles. The fourth-order valence-corrected chi connectivity index (χ4v) is 4.83. The molecule has 2 aromatic rings. The lowest BCUT2D eigenvalue weighted by Crippen LogP contribution is -2.39. The van der Waals surface area contributed by atoms with Crippen LogP contribution in [0.15, 0.2) is 60.7 Å². The Labute approximate surface area is 285 Å². The molecule has 0 saturated heterocycles. The molecule has 0 aliphatic carbocycles. The van der Waals surface area contributed by atoms with Crippen molar-refractivity contribution in [3.05, 3.63) is 82.9 Å². The van der Waals surface area contributed by atoms with Gasteiger partial charge in [-0.3, -0.25) is 9.59 Å². The van der Waals surface area contributed by atoms with E-state index in [1.807, 2.05) is 0 Å². The lowest BCUT2D eigenvalue weighted by molar-refractivity contribution is -0.166. The highest BCUT2D eigenvalue weighted by atomic mass is 16.5. The van der Waals surface area contributed by atoms with Gasteiger partial charge in [-0.2, -0.15) is 0 Å². The molecule has 0 atom stereocenters. The molecule has 0 aliphatic heterocycles. The van der Waals surface area contributed by atoms with Crippen LogP contribution in [0.3, 0.4) is 0 Å². The van der Waals surface area contributed by atoms with Gasteiger partial charge in [-0.1, -0.05) is 62.8 Å². The van der Waals surface area contributed by atoms with Crippen molar-refractivity contribution in [1.29, 1.82) is 0 Å². The van der Waals surface area contributed by atoms with Crippen LogP contribution in [0.5, 0.6) is 0 Å². The minimum absolute atomic E-state index is 0.0108. The van der Waals surface area contributed by atoms with E-state index in [0.717, 1.165) is 0 Å². The number of ether oxygens (including phenoxy) is 4. The Morgan fingerprint density at radius 3 is 1.22 bits per heavy atom. The zero-order valence-corrected chi connectivity index (χ0v) is 27.9. The third-order valence-corrected chi connectivity index (χ3v) is 7.80. The molecule has 0 aromatic heterocycles. The Hall–Kier alpha value is -5.26. The van der Waals surface area contributed by atoms with Gasteiger partial charge in [0.2, 0.25) is 0 Å². The monoisotopic (exact) mass is 680 g/mol. The van der Waals surface area contributed by atoms with Crippen LogP contribution in [-0.2, 0) is 38.1 Å². The van der Waals surface area contributed by atoms with Crippen LogP contribution in [0.4, 0.5) is 0 Å². The van der Waals surface area contributed by atoms with Crippen molar-refractivity contribution in [3.8, 4) is 0 Å². The number of hydrogen-bond acceptors (Lipinski definition) is 10. The van der Waals surface area contributed by atoms with Crippen LogP contribution in [-0.4, -0.2) is 73.5 Å². The number of benzene rings is 2. The number of unbranched alkanes of at least 4 members (excludes halogenated alkanes) is 6. The molecule has 0 fully saturated rings. The zero-order valence-electron chi connectivity index (χ0n) is 27.9. The molecular weight excluding hydrogens is 636 g/mol. The molecule has 0 aliphatic rings. The quantitative estimate of drug-likeness (QED) is 0.0478. The molecule has 12 heteroatoms. The predicted octanol–water partition coefficient (Wildman–Crippen LogP) is 6.13. The van der Waals surface area contributed by atoms with Crippen LogP contribution in [0.1, 0.15) is 96.1 Å². The van der Waals surface area contributed by atoms with Crippen molar-refractivity contribution in [2.75, 3.05) is 27.4 Å². The van der Waals surface area contributed by atoms with Crippen LogP contribution in [0.2, 0.25) is 0 Å². The maximum absolute atomic E-state index is 12.3. The number of carbonyl (C=O) groups excluding carboxylic acids is 4. The van der Waals surface area contributed by atoms with E-state index >= 15 is 0 Å². The predicted molar refractivity (Wildman–Crippen MR) is 179 cm³/mol. The maximum Gasteiger partial charge on any atom is 0.338 e. The third kappa shape index (κ3) is 14.2. The number of rotatable bonds is 22. The first-order valence-electron chi connectivity index (χ1n) is 16.1. The van der Waals surface area contributed by atoms with Gasteiger partial charge in [-0.15, -0.1) is 0 Å². The molecule has 12 nitrogen and oxygen atoms in total. The van der Waals surface area contributed by atoms with Gasteiger partial charge in [0.1, 0.15) is 0 Å². The first kappa shape index (κ1) is 39.9. The van der Waals surface area contributed by atoms with Gasteiger partial charge in [0.25, 0.3) is 0 Å². The first-order valence-corrected chi connectivity index (χ1v) is 16.1. The molecule has 0 radical (unpaired) electrons. The SMILES string of the molecule is COC(=O)/C=C/c1ccc(C(=O)OCCCCCCC(CCCCCCOC(=O)c2ccc(/C=C/C(=O)OC)cc2)(C(=O)O)C(=O)O)cc1. The Morgan fingerprint density at radius 1 is 0.551 bits per heavy atom. The minimum Gasteiger partial charge on any atom is -0.480 e. The summed E-state index contributed by atoms with van der Waals surface area (Å²) in [4.78, 5) is 71.1. The molecule has 49 heavy (non-hydrogen) atoms. The van der Waals surface area contributed by atoms with Crippen molar-refractivity contribution in [3.63, 3.8) is 0 Å². The van der Waals surface area contributed by atoms with Crippen LogP contribution < -0.4 is 0 Å². The third-order valence-electron chi connectivity index (χ3n) is 7.80. The molecule has 264 valence electrons. The highest BCUT2D eigenvalue weighted by Gasteiger charge is 2.45. The average molecular weight is 681 g/mol. The van der Waals surface area contributed by atoms with Crippen molar-refractivity contribution in [2.45, 2.75) is 64.2 Å². The fourth-order valence-electron chi connectivity index (χ4n) is 4.83. The van der Waals surface area contributed by atoms with Crippen molar-refractivity contribution in [1.82, 2.24) is 0 Å². The lowest BCUT2D eigenvalue weighted by Gasteiger charge is -2.25. The number of hydrogen-bond donors (Lipinski definition) is 2. The van der Waals surface area contributed by atoms with E-state index in [2.05, 4.69) is 9.47 Å². The Bertz CT molecular complexity index is 1340. The summed E-state index contributed by atoms with van der Waals surface area (Å²) in [7, 11) is 2.56. The highest BCUT2D eigenvalue weighted by Crippen LogP contribution is 2.33. The molecule has 0 bridgehead atoms. The van der Waals surface area contributed by atoms with E-state index in [1.54, 1.807) is 60.7 Å². The topological polar surface area (TPSA) is 180 Å². The second-order valence-corrected chi connectivity index (χ2v) is 11.2. The molecule has 2 rings (SSSR count). The highest BCUT2D eigenvalue weighted by molar-refractivity contribution is 5.98. The summed E-state index contributed by atoms with van der Waals surface area (Å²) in [5.74, 6) is -4.67. The van der Waals surface area contributed by atoms with Gasteiger partial charge in [-0.05, 0) is 73.2 Å². The number of carboxylic acids is 2. The number of carboxylic acid groups (broad SMARTS) is 2. The molecule has 0 spiro atoms. The van der Waals surface area contributed by atoms with Crippen LogP contribution >= 0.6 is 0 Å². The smallest absolute Gasteiger partial charge is 0.338 e. The van der Waals surface area contributed by atoms with Crippen LogP contribution in [0.25, 0.3) is 12.2 Å². The molecule has 2 aromatic carbocycles. The maximum atomic E-state index is 12.3. The zero-order chi connectivity index (χ0) is 36.1. The summed E-state index contributed by atoms with van der Waals surface area (Å²) < 4.78 is 19.7. The molecule has 2 N–H and O–H groups in total. The number of aliphatic carboxylic acids is 2. The van der Waals surface area contributed by atoms with Crippen molar-refractivity contribution >= 4 is 48.0 Å². The number of carbonyl (C=O) groups is 6. The van der Waals surface area contributed by atoms with E-state index in [9.17, 15) is 39.0 Å². The van der Waals surface area contributed by atoms with E-state index in [4.69, 9.17) is 9.47 Å². The van der Waals surface area contributed by atoms with Gasteiger partial charge in [0.15, 0.2) is 5.41 Å². The van der Waals surface area contributed by atoms with Gasteiger partial charge in [-0.25, -0.2) is 19.2 Å². The largest absolute Gasteiger partial charge is 0.480 e. The number of esters is 4. The molecule has 0 amide bonds. The Kier molecular flexibility index (Phi) is 17.6. The second-order valence-electron chi connectivity index (χ2n) is 11.2. The second kappa shape index (κ2) is 21.6. The van der Waals surface area contributed by atoms with Gasteiger partial charge in [0.05, 0.1) is 38.6 Å². The van der Waals surface area contributed by atoms with Gasteiger partial charge in [0, 0.05) is 12.2 Å². The summed E-state index contributed by atoms with van der Waals surface area (Å²) in [5, 5.41) is 19.7. The normalized spacial score (nSPS) is 11.3. The van der Waals surface area contributed by atoms with E-state index in [0.29, 0.717) is 73.6 Å². The van der Waals surface area contributed by atoms with Crippen LogP contribution in [0, 0.1) is 5.41 Å². The van der Waals surface area contributed by atoms with E-state index in [-0.39, 0.29) is 26.1 Å². The average Bonchev–Trinajstić information content (AvgIpc) is 3.10. The standard InChI is InChI=1S/C37H44O12/c1-46-31(38)21-15-27-11-17-29(18-12-27)33(40)48-25-9-5-3-7-23-37(35(42)43,36(44)45)24-8-4-6-10-26-49-34(41)30-19-13-28(14-20-30)16-22-32(39)47-2/h11-22H,3-10,23-26H2,1-2H3,(H,42,43)(H,44,45)/b21-15+,22-16+. The summed E-state index contributed by atoms with van der Waals surface area (Å²) in [6.45, 7) is 0.340. The van der Waals surface area contributed by atoms with Gasteiger partial charge < -0.3 is 29.2 Å². The Balaban J connectivity index is 1.66. The molecule has 0 unspecified atom stereocenters. The van der Waals surface area contributed by atoms with Crippen molar-refractivity contribution < 1.29 is 57.9 Å². The first-order chi connectivity index (χ1) is 23.5. The van der Waals surface area contributed by atoms with Gasteiger partial charge >= 0.3 is 35.8 Å². The minimum atomic E-state index is -1.88. The van der Waals surface area contributed by atoms with Crippen molar-refractivity contribution in [2.24, 2.45) is 5.41 Å². The summed E-state index contributed by atoms with van der Waals surface area (Å²) in [6, 6.07) is 13.0. The summed E-state index contributed by atoms with van der Waals surface area (Å²) in [5.41, 5.74) is 0.271. The van der Waals surface area contributed by atoms with E-state index < -0.39 is 41.2 Å². The molecule has 0 saturated carbocycles. The lowest BCUT2D eigenvalue weighted by atomic mass is 9.78.